The lowest BCUT2D eigenvalue weighted by Gasteiger charge is -2.04. The second-order valence-corrected chi connectivity index (χ2v) is 4.61. The molecule has 2 rings (SSSR count). The Labute approximate surface area is 107 Å². The molecule has 18 heavy (non-hydrogen) atoms. The van der Waals surface area contributed by atoms with Crippen LogP contribution in [0.3, 0.4) is 0 Å². The number of rotatable bonds is 3. The molecule has 0 unspecified atom stereocenters. The van der Waals surface area contributed by atoms with Gasteiger partial charge in [-0.3, -0.25) is 19.0 Å². The first-order chi connectivity index (χ1) is 8.54. The third-order valence-corrected chi connectivity index (χ3v) is 3.53. The number of aryl methyl sites for hydroxylation is 1. The molecule has 1 N–H and O–H groups in total. The Hall–Kier alpha value is -1.83. The van der Waals surface area contributed by atoms with Crippen LogP contribution in [0.2, 0.25) is 0 Å². The van der Waals surface area contributed by atoms with E-state index >= 15 is 0 Å². The Morgan fingerprint density at radius 3 is 2.83 bits per heavy atom. The maximum absolute atomic E-state index is 11.6. The number of aromatic nitrogens is 4. The number of carbonyl (C=O) groups excluding carboxylic acids is 1. The molecule has 0 aliphatic rings. The topological polar surface area (TPSA) is 89.3 Å². The zero-order chi connectivity index (χ0) is 13.3. The van der Waals surface area contributed by atoms with Crippen LogP contribution in [0.25, 0.3) is 5.78 Å². The zero-order valence-corrected chi connectivity index (χ0v) is 11.0. The number of aromatic amines is 1. The first-order valence-corrected chi connectivity index (χ1v) is 6.17. The van der Waals surface area contributed by atoms with Crippen molar-refractivity contribution in [3.63, 3.8) is 0 Å². The number of carbonyl (C=O) groups is 1. The first kappa shape index (κ1) is 12.6. The molecular weight excluding hydrogens is 256 g/mol. The van der Waals surface area contributed by atoms with Gasteiger partial charge in [0.2, 0.25) is 5.78 Å². The maximum atomic E-state index is 11.6. The van der Waals surface area contributed by atoms with E-state index in [1.807, 2.05) is 6.92 Å². The third-order valence-electron chi connectivity index (χ3n) is 2.62. The Kier molecular flexibility index (Phi) is 3.37. The minimum absolute atomic E-state index is 0.148. The van der Waals surface area contributed by atoms with Crippen molar-refractivity contribution in [2.24, 2.45) is 0 Å². The third kappa shape index (κ3) is 2.10. The van der Waals surface area contributed by atoms with Crippen LogP contribution in [0.1, 0.15) is 11.3 Å². The van der Waals surface area contributed by atoms with Crippen LogP contribution in [-0.2, 0) is 9.53 Å². The van der Waals surface area contributed by atoms with Crippen molar-refractivity contribution in [2.45, 2.75) is 19.0 Å². The van der Waals surface area contributed by atoms with Gasteiger partial charge in [-0.1, -0.05) is 11.8 Å². The number of fused-ring (bicyclic) bond motifs is 1. The molecule has 0 aromatic carbocycles. The summed E-state index contributed by atoms with van der Waals surface area (Å²) in [5, 5.41) is 8.36. The van der Waals surface area contributed by atoms with Crippen LogP contribution in [0.4, 0.5) is 0 Å². The van der Waals surface area contributed by atoms with Gasteiger partial charge >= 0.3 is 5.97 Å². The monoisotopic (exact) mass is 268 g/mol. The minimum atomic E-state index is -0.337. The number of H-pyrrole nitrogens is 1. The van der Waals surface area contributed by atoms with Crippen molar-refractivity contribution in [1.82, 2.24) is 19.6 Å². The van der Waals surface area contributed by atoms with E-state index < -0.39 is 0 Å². The van der Waals surface area contributed by atoms with E-state index in [0.29, 0.717) is 16.5 Å². The van der Waals surface area contributed by atoms with Crippen molar-refractivity contribution < 1.29 is 9.53 Å². The van der Waals surface area contributed by atoms with Crippen molar-refractivity contribution in [3.8, 4) is 0 Å². The number of esters is 1. The molecule has 0 radical (unpaired) electrons. The lowest BCUT2D eigenvalue weighted by molar-refractivity contribution is -0.137. The van der Waals surface area contributed by atoms with Gasteiger partial charge in [-0.15, -0.1) is 10.2 Å². The Morgan fingerprint density at radius 2 is 2.17 bits per heavy atom. The van der Waals surface area contributed by atoms with Gasteiger partial charge in [-0.25, -0.2) is 0 Å². The molecule has 96 valence electrons. The van der Waals surface area contributed by atoms with Crippen LogP contribution in [0.5, 0.6) is 0 Å². The summed E-state index contributed by atoms with van der Waals surface area (Å²) >= 11 is 1.21. The molecule has 0 aliphatic carbocycles. The molecule has 0 spiro atoms. The zero-order valence-electron chi connectivity index (χ0n) is 10.2. The Bertz CT molecular complexity index is 661. The van der Waals surface area contributed by atoms with Crippen LogP contribution < -0.4 is 5.56 Å². The summed E-state index contributed by atoms with van der Waals surface area (Å²) in [6.45, 7) is 3.53. The van der Waals surface area contributed by atoms with Gasteiger partial charge in [0.15, 0.2) is 5.16 Å². The SMILES string of the molecule is COC(=O)CSc1nnc2[nH]c(=O)c(C)c(C)n12. The predicted octanol–water partition coefficient (Wildman–Crippen LogP) is 0.300. The summed E-state index contributed by atoms with van der Waals surface area (Å²) in [7, 11) is 1.33. The second kappa shape index (κ2) is 4.81. The molecule has 2 aromatic heterocycles. The molecule has 7 nitrogen and oxygen atoms in total. The summed E-state index contributed by atoms with van der Waals surface area (Å²) in [5.41, 5.74) is 1.17. The van der Waals surface area contributed by atoms with Crippen molar-refractivity contribution in [2.75, 3.05) is 12.9 Å². The second-order valence-electron chi connectivity index (χ2n) is 3.67. The molecule has 0 saturated carbocycles. The largest absolute Gasteiger partial charge is 0.468 e. The van der Waals surface area contributed by atoms with Crippen molar-refractivity contribution >= 4 is 23.5 Å². The summed E-state index contributed by atoms with van der Waals surface area (Å²) in [5.74, 6) is 0.181. The molecular formula is C10H12N4O3S. The number of thioether (sulfide) groups is 1. The molecule has 0 bridgehead atoms. The van der Waals surface area contributed by atoms with Gasteiger partial charge in [-0.05, 0) is 13.8 Å². The van der Waals surface area contributed by atoms with E-state index in [1.165, 1.54) is 18.9 Å². The summed E-state index contributed by atoms with van der Waals surface area (Å²) in [6.07, 6.45) is 0. The predicted molar refractivity (Wildman–Crippen MR) is 65.8 cm³/mol. The van der Waals surface area contributed by atoms with E-state index in [2.05, 4.69) is 19.9 Å². The molecule has 0 fully saturated rings. The van der Waals surface area contributed by atoms with E-state index in [1.54, 1.807) is 11.3 Å². The highest BCUT2D eigenvalue weighted by Gasteiger charge is 2.13. The van der Waals surface area contributed by atoms with Gasteiger partial charge in [0.05, 0.1) is 12.9 Å². The number of nitrogens with zero attached hydrogens (tertiary/aromatic N) is 3. The molecule has 0 aliphatic heterocycles. The minimum Gasteiger partial charge on any atom is -0.468 e. The van der Waals surface area contributed by atoms with Crippen LogP contribution in [-0.4, -0.2) is 38.4 Å². The number of methoxy groups -OCH3 is 1. The summed E-state index contributed by atoms with van der Waals surface area (Å²) in [4.78, 5) is 25.3. The van der Waals surface area contributed by atoms with Gasteiger partial charge < -0.3 is 4.74 Å². The molecule has 0 saturated heterocycles. The molecule has 2 heterocycles. The maximum Gasteiger partial charge on any atom is 0.316 e. The highest BCUT2D eigenvalue weighted by Crippen LogP contribution is 2.18. The number of hydrogen-bond acceptors (Lipinski definition) is 6. The molecule has 0 amide bonds. The highest BCUT2D eigenvalue weighted by molar-refractivity contribution is 7.99. The van der Waals surface area contributed by atoms with Crippen LogP contribution in [0.15, 0.2) is 9.95 Å². The van der Waals surface area contributed by atoms with E-state index in [4.69, 9.17) is 0 Å². The molecule has 0 atom stereocenters. The van der Waals surface area contributed by atoms with Crippen LogP contribution in [0, 0.1) is 13.8 Å². The van der Waals surface area contributed by atoms with Crippen molar-refractivity contribution in [1.29, 1.82) is 0 Å². The fourth-order valence-corrected chi connectivity index (χ4v) is 2.27. The number of nitrogens with one attached hydrogen (secondary N) is 1. The molecule has 8 heteroatoms. The van der Waals surface area contributed by atoms with Gasteiger partial charge in [-0.2, -0.15) is 0 Å². The fourth-order valence-electron chi connectivity index (χ4n) is 1.46. The average Bonchev–Trinajstić information content (AvgIpc) is 2.76. The van der Waals surface area contributed by atoms with E-state index in [-0.39, 0.29) is 17.3 Å². The van der Waals surface area contributed by atoms with Crippen LogP contribution >= 0.6 is 11.8 Å². The number of hydrogen-bond donors (Lipinski definition) is 1. The van der Waals surface area contributed by atoms with Gasteiger partial charge in [0, 0.05) is 11.3 Å². The standard InChI is InChI=1S/C10H12N4O3S/c1-5-6(2)14-9(11-8(5)16)12-13-10(14)18-4-7(15)17-3/h4H2,1-3H3,(H,11,12,16). The van der Waals surface area contributed by atoms with Gasteiger partial charge in [0.1, 0.15) is 0 Å². The Morgan fingerprint density at radius 1 is 1.44 bits per heavy atom. The quantitative estimate of drug-likeness (QED) is 0.636. The highest BCUT2D eigenvalue weighted by atomic mass is 32.2. The lowest BCUT2D eigenvalue weighted by atomic mass is 10.3. The Balaban J connectivity index is 2.44. The smallest absolute Gasteiger partial charge is 0.316 e. The summed E-state index contributed by atoms with van der Waals surface area (Å²) in [6, 6.07) is 0. The number of ether oxygens (including phenoxy) is 1. The van der Waals surface area contributed by atoms with E-state index in [9.17, 15) is 9.59 Å². The van der Waals surface area contributed by atoms with Crippen molar-refractivity contribution in [3.05, 3.63) is 21.6 Å². The average molecular weight is 268 g/mol. The summed E-state index contributed by atoms with van der Waals surface area (Å²) < 4.78 is 6.27. The molecule has 2 aromatic rings. The fraction of sp³-hybridized carbons (Fsp3) is 0.400. The van der Waals surface area contributed by atoms with E-state index in [0.717, 1.165) is 5.69 Å². The first-order valence-electron chi connectivity index (χ1n) is 5.19. The normalized spacial score (nSPS) is 10.8. The van der Waals surface area contributed by atoms with Gasteiger partial charge in [0.25, 0.3) is 5.56 Å². The lowest BCUT2D eigenvalue weighted by Crippen LogP contribution is -2.15.